The second-order valence-electron chi connectivity index (χ2n) is 9.15. The molecule has 198 valence electrons. The van der Waals surface area contributed by atoms with E-state index < -0.39 is 29.3 Å². The molecule has 0 atom stereocenters. The summed E-state index contributed by atoms with van der Waals surface area (Å²) in [5.74, 6) is -1.69. The van der Waals surface area contributed by atoms with Crippen LogP contribution in [-0.2, 0) is 12.7 Å². The smallest absolute Gasteiger partial charge is 0.380 e. The number of aromatic nitrogens is 3. The standard InChI is InChI=1S/C27H20F4N6O2/c28-20-11-15(18-4-2-1-3-16(18)14-36-9-10-36)5-7-21(20)33-26(38)22-13-24(27(29,30)31)34-37(22)17-6-8-23-19(12-17)25(32)35-39-23/h1-8,11-13H,9-10,14H2,(H2,32,35)(H,33,38). The van der Waals surface area contributed by atoms with E-state index in [9.17, 15) is 18.0 Å². The molecule has 1 aliphatic heterocycles. The summed E-state index contributed by atoms with van der Waals surface area (Å²) in [6.45, 7) is 2.77. The zero-order valence-electron chi connectivity index (χ0n) is 20.2. The fourth-order valence-corrected chi connectivity index (χ4v) is 4.34. The number of carbonyl (C=O) groups excluding carboxylic acids is 1. The van der Waals surface area contributed by atoms with Crippen LogP contribution < -0.4 is 11.1 Å². The molecule has 0 radical (unpaired) electrons. The van der Waals surface area contributed by atoms with Crippen molar-refractivity contribution in [3.8, 4) is 16.8 Å². The van der Waals surface area contributed by atoms with Crippen molar-refractivity contribution in [3.63, 3.8) is 0 Å². The Balaban J connectivity index is 1.32. The van der Waals surface area contributed by atoms with Crippen molar-refractivity contribution in [2.24, 2.45) is 0 Å². The van der Waals surface area contributed by atoms with Crippen molar-refractivity contribution >= 4 is 28.4 Å². The number of hydrogen-bond donors (Lipinski definition) is 2. The van der Waals surface area contributed by atoms with E-state index in [1.165, 1.54) is 30.3 Å². The number of nitrogens with two attached hydrogens (primary N) is 1. The lowest BCUT2D eigenvalue weighted by Crippen LogP contribution is -2.17. The average Bonchev–Trinajstić information content (AvgIpc) is 3.47. The third kappa shape index (κ3) is 4.81. The summed E-state index contributed by atoms with van der Waals surface area (Å²) >= 11 is 0. The highest BCUT2D eigenvalue weighted by atomic mass is 19.4. The molecule has 1 aliphatic rings. The van der Waals surface area contributed by atoms with Crippen LogP contribution in [0.1, 0.15) is 21.7 Å². The summed E-state index contributed by atoms with van der Waals surface area (Å²) in [6, 6.07) is 16.8. The number of hydrogen-bond acceptors (Lipinski definition) is 6. The van der Waals surface area contributed by atoms with E-state index >= 15 is 4.39 Å². The zero-order chi connectivity index (χ0) is 27.3. The predicted molar refractivity (Wildman–Crippen MR) is 136 cm³/mol. The maximum atomic E-state index is 15.2. The molecule has 0 aliphatic carbocycles. The molecule has 0 unspecified atom stereocenters. The molecule has 1 amide bonds. The summed E-state index contributed by atoms with van der Waals surface area (Å²) in [4.78, 5) is 15.4. The topological polar surface area (TPSA) is 102 Å². The number of alkyl halides is 3. The van der Waals surface area contributed by atoms with Gasteiger partial charge in [-0.05, 0) is 47.0 Å². The second kappa shape index (κ2) is 9.24. The Morgan fingerprint density at radius 2 is 1.85 bits per heavy atom. The van der Waals surface area contributed by atoms with Gasteiger partial charge in [0.05, 0.1) is 16.8 Å². The number of fused-ring (bicyclic) bond motifs is 1. The van der Waals surface area contributed by atoms with Gasteiger partial charge in [0.25, 0.3) is 5.91 Å². The Hall–Kier alpha value is -4.71. The first-order valence-corrected chi connectivity index (χ1v) is 11.9. The molecular weight excluding hydrogens is 516 g/mol. The Bertz CT molecular complexity index is 1720. The van der Waals surface area contributed by atoms with E-state index in [4.69, 9.17) is 10.3 Å². The van der Waals surface area contributed by atoms with Gasteiger partial charge in [0, 0.05) is 25.7 Å². The highest BCUT2D eigenvalue weighted by Crippen LogP contribution is 2.32. The van der Waals surface area contributed by atoms with Gasteiger partial charge in [-0.1, -0.05) is 35.5 Å². The molecule has 1 saturated heterocycles. The van der Waals surface area contributed by atoms with Gasteiger partial charge < -0.3 is 15.6 Å². The van der Waals surface area contributed by atoms with Crippen LogP contribution in [0.4, 0.5) is 29.1 Å². The Morgan fingerprint density at radius 1 is 1.05 bits per heavy atom. The van der Waals surface area contributed by atoms with Crippen LogP contribution in [0.15, 0.2) is 71.3 Å². The van der Waals surface area contributed by atoms with Crippen LogP contribution in [0.2, 0.25) is 0 Å². The molecular formula is C27H20F4N6O2. The molecule has 2 aromatic heterocycles. The molecule has 5 aromatic rings. The van der Waals surface area contributed by atoms with Crippen molar-refractivity contribution in [1.82, 2.24) is 19.8 Å². The van der Waals surface area contributed by atoms with Crippen LogP contribution in [-0.4, -0.2) is 38.8 Å². The van der Waals surface area contributed by atoms with E-state index in [0.717, 1.165) is 35.4 Å². The highest BCUT2D eigenvalue weighted by Gasteiger charge is 2.36. The Labute approximate surface area is 218 Å². The fraction of sp³-hybridized carbons (Fsp3) is 0.148. The van der Waals surface area contributed by atoms with Gasteiger partial charge in [0.15, 0.2) is 17.1 Å². The number of rotatable bonds is 6. The van der Waals surface area contributed by atoms with Gasteiger partial charge in [-0.3, -0.25) is 9.69 Å². The molecule has 1 fully saturated rings. The first-order chi connectivity index (χ1) is 18.7. The Morgan fingerprint density at radius 3 is 2.59 bits per heavy atom. The van der Waals surface area contributed by atoms with Crippen molar-refractivity contribution in [2.75, 3.05) is 24.1 Å². The molecule has 12 heteroatoms. The third-order valence-corrected chi connectivity index (χ3v) is 6.44. The molecule has 3 heterocycles. The normalized spacial score (nSPS) is 13.6. The van der Waals surface area contributed by atoms with E-state index in [2.05, 4.69) is 20.5 Å². The number of halogens is 4. The van der Waals surface area contributed by atoms with Crippen LogP contribution in [0.3, 0.4) is 0 Å². The van der Waals surface area contributed by atoms with Crippen LogP contribution >= 0.6 is 0 Å². The van der Waals surface area contributed by atoms with Crippen LogP contribution in [0, 0.1) is 5.82 Å². The summed E-state index contributed by atoms with van der Waals surface area (Å²) in [5.41, 5.74) is 6.77. The number of benzene rings is 3. The summed E-state index contributed by atoms with van der Waals surface area (Å²) in [7, 11) is 0. The molecule has 8 nitrogen and oxygen atoms in total. The molecule has 6 rings (SSSR count). The van der Waals surface area contributed by atoms with Gasteiger partial charge >= 0.3 is 6.18 Å². The van der Waals surface area contributed by atoms with Gasteiger partial charge in [-0.15, -0.1) is 0 Å². The monoisotopic (exact) mass is 536 g/mol. The Kier molecular flexibility index (Phi) is 5.83. The number of nitrogens with one attached hydrogen (secondary N) is 1. The minimum atomic E-state index is -4.82. The quantitative estimate of drug-likeness (QED) is 0.220. The second-order valence-corrected chi connectivity index (χ2v) is 9.15. The lowest BCUT2D eigenvalue weighted by molar-refractivity contribution is -0.141. The molecule has 3 aromatic carbocycles. The molecule has 0 spiro atoms. The van der Waals surface area contributed by atoms with E-state index in [0.29, 0.717) is 22.6 Å². The van der Waals surface area contributed by atoms with Gasteiger partial charge in [-0.25, -0.2) is 9.07 Å². The lowest BCUT2D eigenvalue weighted by atomic mass is 9.99. The summed E-state index contributed by atoms with van der Waals surface area (Å²) in [5, 5.41) is 9.92. The van der Waals surface area contributed by atoms with Crippen molar-refractivity contribution in [3.05, 3.63) is 89.5 Å². The van der Waals surface area contributed by atoms with Gasteiger partial charge in [-0.2, -0.15) is 18.3 Å². The number of anilines is 2. The number of amides is 1. The molecule has 39 heavy (non-hydrogen) atoms. The molecule has 0 bridgehead atoms. The number of nitrogen functional groups attached to an aromatic ring is 1. The summed E-state index contributed by atoms with van der Waals surface area (Å²) < 4.78 is 61.6. The van der Waals surface area contributed by atoms with E-state index in [-0.39, 0.29) is 17.2 Å². The van der Waals surface area contributed by atoms with Crippen LogP contribution in [0.25, 0.3) is 27.8 Å². The minimum absolute atomic E-state index is 0.0269. The zero-order valence-corrected chi connectivity index (χ0v) is 20.2. The maximum Gasteiger partial charge on any atom is 0.435 e. The van der Waals surface area contributed by atoms with Crippen molar-refractivity contribution in [1.29, 1.82) is 0 Å². The highest BCUT2D eigenvalue weighted by molar-refractivity contribution is 6.04. The van der Waals surface area contributed by atoms with E-state index in [1.807, 2.05) is 24.3 Å². The first-order valence-electron chi connectivity index (χ1n) is 11.9. The van der Waals surface area contributed by atoms with Gasteiger partial charge in [0.1, 0.15) is 11.5 Å². The first kappa shape index (κ1) is 24.6. The maximum absolute atomic E-state index is 15.2. The number of nitrogens with zero attached hydrogens (tertiary/aromatic N) is 4. The largest absolute Gasteiger partial charge is 0.435 e. The molecule has 0 saturated carbocycles. The average molecular weight is 536 g/mol. The lowest BCUT2D eigenvalue weighted by Gasteiger charge is -2.13. The minimum Gasteiger partial charge on any atom is -0.380 e. The fourth-order valence-electron chi connectivity index (χ4n) is 4.34. The predicted octanol–water partition coefficient (Wildman–Crippen LogP) is 5.49. The van der Waals surface area contributed by atoms with Crippen molar-refractivity contribution in [2.45, 2.75) is 12.7 Å². The van der Waals surface area contributed by atoms with Crippen molar-refractivity contribution < 1.29 is 26.9 Å². The van der Waals surface area contributed by atoms with Crippen LogP contribution in [0.5, 0.6) is 0 Å². The van der Waals surface area contributed by atoms with Gasteiger partial charge in [0.2, 0.25) is 0 Å². The SMILES string of the molecule is Nc1noc2ccc(-n3nc(C(F)(F)F)cc3C(=O)Nc3ccc(-c4ccccc4CN4CC4)cc3F)cc12. The summed E-state index contributed by atoms with van der Waals surface area (Å²) in [6.07, 6.45) is -4.82. The third-order valence-electron chi connectivity index (χ3n) is 6.44. The number of carbonyl (C=O) groups is 1. The van der Waals surface area contributed by atoms with E-state index in [1.54, 1.807) is 6.07 Å². The molecule has 3 N–H and O–H groups in total.